The number of carbonyl (C=O) groups is 1. The van der Waals surface area contributed by atoms with Gasteiger partial charge in [-0.3, -0.25) is 4.79 Å². The Morgan fingerprint density at radius 1 is 1.32 bits per heavy atom. The molecule has 0 saturated carbocycles. The van der Waals surface area contributed by atoms with Crippen molar-refractivity contribution in [1.82, 2.24) is 14.9 Å². The van der Waals surface area contributed by atoms with Crippen LogP contribution >= 0.6 is 0 Å². The van der Waals surface area contributed by atoms with Gasteiger partial charge in [-0.15, -0.1) is 0 Å². The van der Waals surface area contributed by atoms with E-state index in [1.165, 1.54) is 0 Å². The van der Waals surface area contributed by atoms with E-state index in [4.69, 9.17) is 0 Å². The third kappa shape index (κ3) is 3.66. The number of nitrogens with zero attached hydrogens (tertiary/aromatic N) is 3. The maximum atomic E-state index is 11.7. The highest BCUT2D eigenvalue weighted by Gasteiger charge is 2.29. The van der Waals surface area contributed by atoms with Gasteiger partial charge in [-0.2, -0.15) is 0 Å². The van der Waals surface area contributed by atoms with E-state index in [9.17, 15) is 4.79 Å². The Labute approximate surface area is 114 Å². The number of hydrogen-bond donors (Lipinski definition) is 1. The quantitative estimate of drug-likeness (QED) is 0.850. The normalized spacial score (nSPS) is 18.9. The van der Waals surface area contributed by atoms with Crippen LogP contribution in [0.3, 0.4) is 0 Å². The predicted molar refractivity (Wildman–Crippen MR) is 74.9 cm³/mol. The maximum Gasteiger partial charge on any atom is 0.224 e. The van der Waals surface area contributed by atoms with Gasteiger partial charge in [0.1, 0.15) is 0 Å². The molecule has 19 heavy (non-hydrogen) atoms. The van der Waals surface area contributed by atoms with Gasteiger partial charge in [0.05, 0.1) is 6.04 Å². The zero-order chi connectivity index (χ0) is 13.7. The second-order valence-electron chi connectivity index (χ2n) is 5.05. The molecule has 1 aliphatic heterocycles. The minimum Gasteiger partial charge on any atom is -0.349 e. The lowest BCUT2D eigenvalue weighted by molar-refractivity contribution is -0.127. The number of amides is 1. The summed E-state index contributed by atoms with van der Waals surface area (Å²) in [6, 6.07) is 0.135. The Morgan fingerprint density at radius 2 is 2.05 bits per heavy atom. The number of anilines is 1. The lowest BCUT2D eigenvalue weighted by Gasteiger charge is -2.15. The summed E-state index contributed by atoms with van der Waals surface area (Å²) in [5.74, 6) is 0.845. The fourth-order valence-electron chi connectivity index (χ4n) is 2.38. The van der Waals surface area contributed by atoms with Gasteiger partial charge in [0.2, 0.25) is 11.9 Å². The summed E-state index contributed by atoms with van der Waals surface area (Å²) in [6.07, 6.45) is 7.37. The van der Waals surface area contributed by atoms with Crippen molar-refractivity contribution in [3.8, 4) is 0 Å². The molecule has 5 heteroatoms. The van der Waals surface area contributed by atoms with Crippen LogP contribution in [0.4, 0.5) is 5.95 Å². The molecular formula is C14H22N4O. The molecule has 1 atom stereocenters. The molecule has 2 rings (SSSR count). The van der Waals surface area contributed by atoms with Crippen LogP contribution in [0.1, 0.15) is 38.7 Å². The van der Waals surface area contributed by atoms with Crippen LogP contribution in [0.5, 0.6) is 0 Å². The molecule has 104 valence electrons. The molecule has 1 N–H and O–H groups in total. The number of rotatable bonds is 6. The van der Waals surface area contributed by atoms with Crippen molar-refractivity contribution < 1.29 is 4.79 Å². The first-order valence-electron chi connectivity index (χ1n) is 7.08. The van der Waals surface area contributed by atoms with E-state index >= 15 is 0 Å². The van der Waals surface area contributed by atoms with Crippen LogP contribution in [-0.2, 0) is 11.2 Å². The SMILES string of the molecule is CCCc1cnc(NC2CC(=O)N(CCC)C2)nc1. The maximum absolute atomic E-state index is 11.7. The molecule has 0 aromatic carbocycles. The molecule has 5 nitrogen and oxygen atoms in total. The number of nitrogens with one attached hydrogen (secondary N) is 1. The molecule has 0 bridgehead atoms. The molecule has 0 spiro atoms. The van der Waals surface area contributed by atoms with E-state index in [0.29, 0.717) is 12.4 Å². The molecule has 1 aliphatic rings. The lowest BCUT2D eigenvalue weighted by Crippen LogP contribution is -2.28. The van der Waals surface area contributed by atoms with Crippen molar-refractivity contribution in [2.45, 2.75) is 45.6 Å². The van der Waals surface area contributed by atoms with Crippen molar-refractivity contribution in [3.05, 3.63) is 18.0 Å². The van der Waals surface area contributed by atoms with Crippen molar-refractivity contribution in [3.63, 3.8) is 0 Å². The van der Waals surface area contributed by atoms with Crippen molar-refractivity contribution in [1.29, 1.82) is 0 Å². The van der Waals surface area contributed by atoms with Gasteiger partial charge in [-0.05, 0) is 18.4 Å². The van der Waals surface area contributed by atoms with E-state index in [1.807, 2.05) is 17.3 Å². The second kappa shape index (κ2) is 6.50. The summed E-state index contributed by atoms with van der Waals surface area (Å²) in [5.41, 5.74) is 1.16. The van der Waals surface area contributed by atoms with E-state index in [2.05, 4.69) is 29.1 Å². The van der Waals surface area contributed by atoms with Gasteiger partial charge < -0.3 is 10.2 Å². The number of likely N-dealkylation sites (tertiary alicyclic amines) is 1. The van der Waals surface area contributed by atoms with Gasteiger partial charge in [0.25, 0.3) is 0 Å². The monoisotopic (exact) mass is 262 g/mol. The number of hydrogen-bond acceptors (Lipinski definition) is 4. The lowest BCUT2D eigenvalue weighted by atomic mass is 10.2. The smallest absolute Gasteiger partial charge is 0.224 e. The van der Waals surface area contributed by atoms with Gasteiger partial charge in [0.15, 0.2) is 0 Å². The van der Waals surface area contributed by atoms with E-state index in [-0.39, 0.29) is 11.9 Å². The predicted octanol–water partition coefficient (Wildman–Crippen LogP) is 1.85. The second-order valence-corrected chi connectivity index (χ2v) is 5.05. The van der Waals surface area contributed by atoms with Gasteiger partial charge in [-0.1, -0.05) is 20.3 Å². The average Bonchev–Trinajstić information content (AvgIpc) is 2.73. The Morgan fingerprint density at radius 3 is 2.68 bits per heavy atom. The van der Waals surface area contributed by atoms with Crippen LogP contribution in [0.2, 0.25) is 0 Å². The number of carbonyl (C=O) groups excluding carboxylic acids is 1. The first kappa shape index (κ1) is 13.8. The fraction of sp³-hybridized carbons (Fsp3) is 0.643. The summed E-state index contributed by atoms with van der Waals surface area (Å²) >= 11 is 0. The Kier molecular flexibility index (Phi) is 4.71. The van der Waals surface area contributed by atoms with Crippen molar-refractivity contribution in [2.75, 3.05) is 18.4 Å². The molecule has 0 aliphatic carbocycles. The van der Waals surface area contributed by atoms with Crippen molar-refractivity contribution in [2.24, 2.45) is 0 Å². The van der Waals surface area contributed by atoms with E-state index < -0.39 is 0 Å². The van der Waals surface area contributed by atoms with Crippen LogP contribution in [0, 0.1) is 0 Å². The molecule has 1 aromatic rings. The molecule has 1 saturated heterocycles. The zero-order valence-electron chi connectivity index (χ0n) is 11.7. The first-order chi connectivity index (χ1) is 9.22. The summed E-state index contributed by atoms with van der Waals surface area (Å²) in [4.78, 5) is 22.3. The Hall–Kier alpha value is -1.65. The van der Waals surface area contributed by atoms with Crippen LogP contribution in [0.15, 0.2) is 12.4 Å². The minimum absolute atomic E-state index is 0.135. The van der Waals surface area contributed by atoms with Crippen LogP contribution in [0.25, 0.3) is 0 Å². The summed E-state index contributed by atoms with van der Waals surface area (Å²) in [5, 5.41) is 3.24. The van der Waals surface area contributed by atoms with E-state index in [1.54, 1.807) is 0 Å². The Bertz CT molecular complexity index is 418. The fourth-order valence-corrected chi connectivity index (χ4v) is 2.38. The summed E-state index contributed by atoms with van der Waals surface area (Å²) in [6.45, 7) is 5.82. The van der Waals surface area contributed by atoms with Crippen LogP contribution in [-0.4, -0.2) is 39.9 Å². The number of aromatic nitrogens is 2. The van der Waals surface area contributed by atoms with E-state index in [0.717, 1.165) is 37.9 Å². The molecule has 1 unspecified atom stereocenters. The highest BCUT2D eigenvalue weighted by molar-refractivity contribution is 5.79. The topological polar surface area (TPSA) is 58.1 Å². The molecule has 1 fully saturated rings. The van der Waals surface area contributed by atoms with Gasteiger partial charge in [-0.25, -0.2) is 9.97 Å². The highest BCUT2D eigenvalue weighted by atomic mass is 16.2. The standard InChI is InChI=1S/C14H22N4O/c1-3-5-11-8-15-14(16-9-11)17-12-7-13(19)18(10-12)6-4-2/h8-9,12H,3-7,10H2,1-2H3,(H,15,16,17). The molecule has 1 amide bonds. The number of aryl methyl sites for hydroxylation is 1. The highest BCUT2D eigenvalue weighted by Crippen LogP contribution is 2.15. The Balaban J connectivity index is 1.89. The largest absolute Gasteiger partial charge is 0.349 e. The van der Waals surface area contributed by atoms with Gasteiger partial charge in [0, 0.05) is 31.9 Å². The molecule has 1 aromatic heterocycles. The summed E-state index contributed by atoms with van der Waals surface area (Å²) < 4.78 is 0. The minimum atomic E-state index is 0.135. The molecule has 2 heterocycles. The molecular weight excluding hydrogens is 240 g/mol. The summed E-state index contributed by atoms with van der Waals surface area (Å²) in [7, 11) is 0. The zero-order valence-corrected chi connectivity index (χ0v) is 11.7. The van der Waals surface area contributed by atoms with Crippen LogP contribution < -0.4 is 5.32 Å². The first-order valence-corrected chi connectivity index (χ1v) is 7.08. The molecule has 0 radical (unpaired) electrons. The van der Waals surface area contributed by atoms with Gasteiger partial charge >= 0.3 is 0 Å². The third-order valence-corrected chi connectivity index (χ3v) is 3.29. The third-order valence-electron chi connectivity index (χ3n) is 3.29. The average molecular weight is 262 g/mol. The van der Waals surface area contributed by atoms with Crippen molar-refractivity contribution >= 4 is 11.9 Å².